The van der Waals surface area contributed by atoms with Gasteiger partial charge in [-0.25, -0.2) is 9.50 Å². The van der Waals surface area contributed by atoms with Gasteiger partial charge in [0.1, 0.15) is 0 Å². The highest BCUT2D eigenvalue weighted by Gasteiger charge is 2.18. The first kappa shape index (κ1) is 15.4. The maximum absolute atomic E-state index is 12.4. The molecule has 23 heavy (non-hydrogen) atoms. The molecule has 0 fully saturated rings. The summed E-state index contributed by atoms with van der Waals surface area (Å²) >= 11 is 5.90. The first-order valence-electron chi connectivity index (χ1n) is 7.33. The summed E-state index contributed by atoms with van der Waals surface area (Å²) in [6.07, 6.45) is 2.39. The van der Waals surface area contributed by atoms with Crippen molar-refractivity contribution in [1.29, 1.82) is 0 Å². The van der Waals surface area contributed by atoms with Crippen LogP contribution in [0.15, 0.2) is 36.5 Å². The second kappa shape index (κ2) is 6.34. The highest BCUT2D eigenvalue weighted by molar-refractivity contribution is 6.30. The van der Waals surface area contributed by atoms with Crippen LogP contribution in [-0.2, 0) is 0 Å². The monoisotopic (exact) mass is 329 g/mol. The number of rotatable bonds is 4. The van der Waals surface area contributed by atoms with Crippen LogP contribution >= 0.6 is 11.6 Å². The standard InChI is InChI=1S/C16H16ClN5O/c1-3-13(11-4-6-12(17)7-5-11)19-15(23)14-20-16-18-9-8-10(2)22(16)21-14/h4-9,13H,3H2,1-2H3,(H,19,23)/t13-/m1/s1. The highest BCUT2D eigenvalue weighted by atomic mass is 35.5. The Morgan fingerprint density at radius 2 is 2.04 bits per heavy atom. The zero-order chi connectivity index (χ0) is 16.4. The fourth-order valence-electron chi connectivity index (χ4n) is 2.34. The molecule has 1 N–H and O–H groups in total. The molecule has 0 radical (unpaired) electrons. The van der Waals surface area contributed by atoms with Gasteiger partial charge in [0.2, 0.25) is 5.82 Å². The van der Waals surface area contributed by atoms with Gasteiger partial charge in [-0.15, -0.1) is 5.10 Å². The molecule has 0 unspecified atom stereocenters. The van der Waals surface area contributed by atoms with Gasteiger partial charge in [-0.05, 0) is 37.1 Å². The molecule has 2 aromatic heterocycles. The van der Waals surface area contributed by atoms with Crippen molar-refractivity contribution in [1.82, 2.24) is 24.9 Å². The SMILES string of the molecule is CC[C@@H](NC(=O)c1nc2nccc(C)n2n1)c1ccc(Cl)cc1. The molecule has 0 bridgehead atoms. The fourth-order valence-corrected chi connectivity index (χ4v) is 2.47. The van der Waals surface area contributed by atoms with E-state index in [1.807, 2.05) is 44.2 Å². The highest BCUT2D eigenvalue weighted by Crippen LogP contribution is 2.19. The molecule has 0 saturated carbocycles. The molecule has 3 rings (SSSR count). The summed E-state index contributed by atoms with van der Waals surface area (Å²) in [6.45, 7) is 3.88. The van der Waals surface area contributed by atoms with Crippen molar-refractivity contribution in [3.05, 3.63) is 58.6 Å². The number of nitrogens with one attached hydrogen (secondary N) is 1. The van der Waals surface area contributed by atoms with E-state index in [0.717, 1.165) is 17.7 Å². The third-order valence-electron chi connectivity index (χ3n) is 3.62. The third kappa shape index (κ3) is 3.17. The second-order valence-corrected chi connectivity index (χ2v) is 5.66. The van der Waals surface area contributed by atoms with Crippen molar-refractivity contribution in [3.8, 4) is 0 Å². The van der Waals surface area contributed by atoms with Crippen molar-refractivity contribution in [2.45, 2.75) is 26.3 Å². The summed E-state index contributed by atoms with van der Waals surface area (Å²) in [5.74, 6) is 0.200. The lowest BCUT2D eigenvalue weighted by Crippen LogP contribution is -2.29. The van der Waals surface area contributed by atoms with Crippen LogP contribution in [0.3, 0.4) is 0 Å². The van der Waals surface area contributed by atoms with Crippen LogP contribution in [0, 0.1) is 6.92 Å². The number of aromatic nitrogens is 4. The molecule has 2 heterocycles. The summed E-state index contributed by atoms with van der Waals surface area (Å²) in [5.41, 5.74) is 1.86. The molecule has 0 aliphatic heterocycles. The normalized spacial score (nSPS) is 12.3. The van der Waals surface area contributed by atoms with Crippen LogP contribution in [0.1, 0.15) is 41.3 Å². The third-order valence-corrected chi connectivity index (χ3v) is 3.87. The van der Waals surface area contributed by atoms with Crippen LogP contribution in [-0.4, -0.2) is 25.5 Å². The number of aryl methyl sites for hydroxylation is 1. The van der Waals surface area contributed by atoms with E-state index < -0.39 is 0 Å². The number of carbonyl (C=O) groups excluding carboxylic acids is 1. The Morgan fingerprint density at radius 3 is 2.70 bits per heavy atom. The zero-order valence-corrected chi connectivity index (χ0v) is 13.6. The van der Waals surface area contributed by atoms with Gasteiger partial charge >= 0.3 is 0 Å². The molecule has 7 heteroatoms. The first-order chi connectivity index (χ1) is 11.1. The lowest BCUT2D eigenvalue weighted by molar-refractivity contribution is 0.0925. The van der Waals surface area contributed by atoms with Crippen LogP contribution in [0.4, 0.5) is 0 Å². The van der Waals surface area contributed by atoms with E-state index in [4.69, 9.17) is 11.6 Å². The van der Waals surface area contributed by atoms with Crippen LogP contribution in [0.5, 0.6) is 0 Å². The minimum absolute atomic E-state index is 0.110. The molecule has 1 amide bonds. The van der Waals surface area contributed by atoms with E-state index in [0.29, 0.717) is 10.8 Å². The molecule has 0 aliphatic rings. The quantitative estimate of drug-likeness (QED) is 0.798. The number of carbonyl (C=O) groups is 1. The van der Waals surface area contributed by atoms with Gasteiger partial charge in [0, 0.05) is 16.9 Å². The number of hydrogen-bond donors (Lipinski definition) is 1. The maximum atomic E-state index is 12.4. The second-order valence-electron chi connectivity index (χ2n) is 5.22. The summed E-state index contributed by atoms with van der Waals surface area (Å²) in [4.78, 5) is 20.7. The largest absolute Gasteiger partial charge is 0.342 e. The summed E-state index contributed by atoms with van der Waals surface area (Å²) < 4.78 is 1.55. The smallest absolute Gasteiger partial charge is 0.291 e. The number of hydrogen-bond acceptors (Lipinski definition) is 4. The molecule has 0 spiro atoms. The fraction of sp³-hybridized carbons (Fsp3) is 0.250. The Bertz CT molecular complexity index is 843. The van der Waals surface area contributed by atoms with Gasteiger partial charge < -0.3 is 5.32 Å². The molecule has 3 aromatic rings. The van der Waals surface area contributed by atoms with E-state index in [9.17, 15) is 4.79 Å². The van der Waals surface area contributed by atoms with Gasteiger partial charge in [-0.2, -0.15) is 4.98 Å². The van der Waals surface area contributed by atoms with Crippen molar-refractivity contribution < 1.29 is 4.79 Å². The average Bonchev–Trinajstić information content (AvgIpc) is 2.99. The predicted molar refractivity (Wildman–Crippen MR) is 87.5 cm³/mol. The van der Waals surface area contributed by atoms with Gasteiger partial charge in [-0.3, -0.25) is 4.79 Å². The molecular formula is C16H16ClN5O. The number of amides is 1. The van der Waals surface area contributed by atoms with E-state index in [1.165, 1.54) is 0 Å². The minimum Gasteiger partial charge on any atom is -0.342 e. The Hall–Kier alpha value is -2.47. The first-order valence-corrected chi connectivity index (χ1v) is 7.71. The molecule has 0 saturated heterocycles. The van der Waals surface area contributed by atoms with Gasteiger partial charge in [-0.1, -0.05) is 30.7 Å². The molecule has 118 valence electrons. The maximum Gasteiger partial charge on any atom is 0.291 e. The van der Waals surface area contributed by atoms with Crippen LogP contribution in [0.25, 0.3) is 5.78 Å². The molecular weight excluding hydrogens is 314 g/mol. The average molecular weight is 330 g/mol. The van der Waals surface area contributed by atoms with Gasteiger partial charge in [0.25, 0.3) is 11.7 Å². The van der Waals surface area contributed by atoms with Gasteiger partial charge in [0.15, 0.2) is 0 Å². The molecule has 6 nitrogen and oxygen atoms in total. The number of halogens is 1. The van der Waals surface area contributed by atoms with Crippen molar-refractivity contribution in [2.24, 2.45) is 0 Å². The van der Waals surface area contributed by atoms with Gasteiger partial charge in [0.05, 0.1) is 6.04 Å². The van der Waals surface area contributed by atoms with Crippen molar-refractivity contribution in [3.63, 3.8) is 0 Å². The van der Waals surface area contributed by atoms with Crippen LogP contribution in [0.2, 0.25) is 5.02 Å². The summed E-state index contributed by atoms with van der Waals surface area (Å²) in [6, 6.07) is 9.11. The van der Waals surface area contributed by atoms with E-state index >= 15 is 0 Å². The Labute approximate surface area is 138 Å². The lowest BCUT2D eigenvalue weighted by Gasteiger charge is -2.16. The zero-order valence-electron chi connectivity index (χ0n) is 12.8. The number of benzene rings is 1. The summed E-state index contributed by atoms with van der Waals surface area (Å²) in [7, 11) is 0. The van der Waals surface area contributed by atoms with Crippen molar-refractivity contribution >= 4 is 23.3 Å². The minimum atomic E-state index is -0.322. The Morgan fingerprint density at radius 1 is 1.30 bits per heavy atom. The van der Waals surface area contributed by atoms with Crippen molar-refractivity contribution in [2.75, 3.05) is 0 Å². The number of fused-ring (bicyclic) bond motifs is 1. The predicted octanol–water partition coefficient (Wildman–Crippen LogP) is 2.97. The van der Waals surface area contributed by atoms with E-state index in [-0.39, 0.29) is 17.8 Å². The van der Waals surface area contributed by atoms with Crippen LogP contribution < -0.4 is 5.32 Å². The molecule has 1 aromatic carbocycles. The molecule has 1 atom stereocenters. The lowest BCUT2D eigenvalue weighted by atomic mass is 10.0. The topological polar surface area (TPSA) is 72.2 Å². The molecule has 0 aliphatic carbocycles. The summed E-state index contributed by atoms with van der Waals surface area (Å²) in [5, 5.41) is 7.83. The Balaban J connectivity index is 1.83. The number of nitrogens with zero attached hydrogens (tertiary/aromatic N) is 4. The van der Waals surface area contributed by atoms with E-state index in [2.05, 4.69) is 20.4 Å². The van der Waals surface area contributed by atoms with E-state index in [1.54, 1.807) is 10.7 Å². The Kier molecular flexibility index (Phi) is 4.25.